The maximum absolute atomic E-state index is 11.6. The van der Waals surface area contributed by atoms with E-state index in [9.17, 15) is 9.90 Å². The Kier molecular flexibility index (Phi) is 5.80. The van der Waals surface area contributed by atoms with Crippen LogP contribution in [0.5, 0.6) is 0 Å². The van der Waals surface area contributed by atoms with Gasteiger partial charge in [0, 0.05) is 5.75 Å². The zero-order chi connectivity index (χ0) is 12.9. The van der Waals surface area contributed by atoms with E-state index in [1.165, 1.54) is 0 Å². The standard InChI is InChI=1S/C13H24O3S/c1-4-16-12(14)11-5-7-13(15,8-6-11)9-17-10(2)3/h10-11,15H,4-9H2,1-3H3. The number of carbonyl (C=O) groups excluding carboxylic acids is 1. The zero-order valence-corrected chi connectivity index (χ0v) is 11.9. The second kappa shape index (κ2) is 6.64. The normalized spacial score (nSPS) is 29.4. The van der Waals surface area contributed by atoms with Gasteiger partial charge in [0.1, 0.15) is 0 Å². The summed E-state index contributed by atoms with van der Waals surface area (Å²) in [4.78, 5) is 11.6. The van der Waals surface area contributed by atoms with Crippen molar-refractivity contribution < 1.29 is 14.6 Å². The molecule has 0 amide bonds. The molecule has 0 radical (unpaired) electrons. The van der Waals surface area contributed by atoms with Crippen LogP contribution in [0.2, 0.25) is 0 Å². The van der Waals surface area contributed by atoms with Gasteiger partial charge in [0.15, 0.2) is 0 Å². The SMILES string of the molecule is CCOC(=O)C1CCC(O)(CSC(C)C)CC1. The number of rotatable bonds is 5. The van der Waals surface area contributed by atoms with Gasteiger partial charge in [0.05, 0.1) is 18.1 Å². The predicted molar refractivity (Wildman–Crippen MR) is 71.1 cm³/mol. The summed E-state index contributed by atoms with van der Waals surface area (Å²) in [6.45, 7) is 6.55. The molecular formula is C13H24O3S. The lowest BCUT2D eigenvalue weighted by Gasteiger charge is -2.35. The van der Waals surface area contributed by atoms with Crippen LogP contribution in [0.25, 0.3) is 0 Å². The average Bonchev–Trinajstić information content (AvgIpc) is 2.28. The molecule has 0 aromatic rings. The van der Waals surface area contributed by atoms with Crippen molar-refractivity contribution in [3.8, 4) is 0 Å². The minimum Gasteiger partial charge on any atom is -0.466 e. The van der Waals surface area contributed by atoms with Crippen molar-refractivity contribution in [1.29, 1.82) is 0 Å². The van der Waals surface area contributed by atoms with E-state index >= 15 is 0 Å². The van der Waals surface area contributed by atoms with E-state index < -0.39 is 5.60 Å². The Morgan fingerprint density at radius 2 is 2.06 bits per heavy atom. The van der Waals surface area contributed by atoms with E-state index in [1.54, 1.807) is 11.8 Å². The van der Waals surface area contributed by atoms with E-state index in [1.807, 2.05) is 6.92 Å². The molecule has 1 fully saturated rings. The van der Waals surface area contributed by atoms with Crippen LogP contribution in [-0.2, 0) is 9.53 Å². The summed E-state index contributed by atoms with van der Waals surface area (Å²) in [6, 6.07) is 0. The molecule has 3 nitrogen and oxygen atoms in total. The topological polar surface area (TPSA) is 46.5 Å². The Morgan fingerprint density at radius 1 is 1.47 bits per heavy atom. The average molecular weight is 260 g/mol. The van der Waals surface area contributed by atoms with Crippen molar-refractivity contribution in [2.24, 2.45) is 5.92 Å². The molecule has 1 rings (SSSR count). The molecule has 17 heavy (non-hydrogen) atoms. The van der Waals surface area contributed by atoms with Crippen LogP contribution >= 0.6 is 11.8 Å². The first-order chi connectivity index (χ1) is 7.97. The fourth-order valence-electron chi connectivity index (χ4n) is 2.12. The number of thioether (sulfide) groups is 1. The maximum Gasteiger partial charge on any atom is 0.308 e. The quantitative estimate of drug-likeness (QED) is 0.772. The molecule has 0 unspecified atom stereocenters. The number of aliphatic hydroxyl groups is 1. The van der Waals surface area contributed by atoms with Gasteiger partial charge >= 0.3 is 5.97 Å². The van der Waals surface area contributed by atoms with Gasteiger partial charge in [-0.3, -0.25) is 4.79 Å². The van der Waals surface area contributed by atoms with Gasteiger partial charge in [0.2, 0.25) is 0 Å². The van der Waals surface area contributed by atoms with Crippen molar-refractivity contribution in [3.63, 3.8) is 0 Å². The third-order valence-corrected chi connectivity index (χ3v) is 4.59. The van der Waals surface area contributed by atoms with E-state index in [4.69, 9.17) is 4.74 Å². The summed E-state index contributed by atoms with van der Waals surface area (Å²) in [5.41, 5.74) is -0.571. The summed E-state index contributed by atoms with van der Waals surface area (Å²) in [5.74, 6) is 0.686. The van der Waals surface area contributed by atoms with Gasteiger partial charge < -0.3 is 9.84 Å². The van der Waals surface area contributed by atoms with E-state index in [2.05, 4.69) is 13.8 Å². The maximum atomic E-state index is 11.6. The molecule has 1 aliphatic carbocycles. The van der Waals surface area contributed by atoms with Crippen LogP contribution in [0.1, 0.15) is 46.5 Å². The second-order valence-corrected chi connectivity index (χ2v) is 6.68. The first kappa shape index (κ1) is 14.8. The van der Waals surface area contributed by atoms with E-state index in [-0.39, 0.29) is 11.9 Å². The fourth-order valence-corrected chi connectivity index (χ4v) is 3.05. The Balaban J connectivity index is 2.36. The molecular weight excluding hydrogens is 236 g/mol. The van der Waals surface area contributed by atoms with Crippen LogP contribution < -0.4 is 0 Å². The zero-order valence-electron chi connectivity index (χ0n) is 11.1. The first-order valence-electron chi connectivity index (χ1n) is 6.47. The molecule has 0 saturated heterocycles. The fraction of sp³-hybridized carbons (Fsp3) is 0.923. The van der Waals surface area contributed by atoms with Crippen LogP contribution in [0.15, 0.2) is 0 Å². The molecule has 0 atom stereocenters. The summed E-state index contributed by atoms with van der Waals surface area (Å²) in [5, 5.41) is 10.9. The number of hydrogen-bond donors (Lipinski definition) is 1. The monoisotopic (exact) mass is 260 g/mol. The minimum absolute atomic E-state index is 0.000671. The van der Waals surface area contributed by atoms with Crippen LogP contribution in [0.3, 0.4) is 0 Å². The molecule has 0 bridgehead atoms. The summed E-state index contributed by atoms with van der Waals surface area (Å²) in [6.07, 6.45) is 2.95. The third-order valence-electron chi connectivity index (χ3n) is 3.22. The highest BCUT2D eigenvalue weighted by Gasteiger charge is 2.36. The molecule has 0 spiro atoms. The lowest BCUT2D eigenvalue weighted by Crippen LogP contribution is -2.39. The molecule has 0 aromatic heterocycles. The minimum atomic E-state index is -0.571. The van der Waals surface area contributed by atoms with Crippen molar-refractivity contribution in [2.75, 3.05) is 12.4 Å². The highest BCUT2D eigenvalue weighted by molar-refractivity contribution is 7.99. The number of ether oxygens (including phenoxy) is 1. The third kappa shape index (κ3) is 4.88. The Labute approximate surface area is 108 Å². The van der Waals surface area contributed by atoms with Crippen molar-refractivity contribution in [1.82, 2.24) is 0 Å². The Hall–Kier alpha value is -0.220. The van der Waals surface area contributed by atoms with Crippen molar-refractivity contribution >= 4 is 17.7 Å². The van der Waals surface area contributed by atoms with Crippen LogP contribution in [-0.4, -0.2) is 34.3 Å². The van der Waals surface area contributed by atoms with Gasteiger partial charge in [0.25, 0.3) is 0 Å². The van der Waals surface area contributed by atoms with Gasteiger partial charge in [-0.25, -0.2) is 0 Å². The summed E-state index contributed by atoms with van der Waals surface area (Å²) < 4.78 is 5.02. The van der Waals surface area contributed by atoms with Crippen LogP contribution in [0.4, 0.5) is 0 Å². The molecule has 100 valence electrons. The molecule has 4 heteroatoms. The molecule has 0 heterocycles. The molecule has 1 N–H and O–H groups in total. The molecule has 1 aliphatic rings. The largest absolute Gasteiger partial charge is 0.466 e. The Morgan fingerprint density at radius 3 is 2.53 bits per heavy atom. The molecule has 0 aromatic carbocycles. The smallest absolute Gasteiger partial charge is 0.308 e. The van der Waals surface area contributed by atoms with Gasteiger partial charge in [-0.1, -0.05) is 13.8 Å². The Bertz CT molecular complexity index is 245. The first-order valence-corrected chi connectivity index (χ1v) is 7.52. The highest BCUT2D eigenvalue weighted by atomic mass is 32.2. The molecule has 1 saturated carbocycles. The summed E-state index contributed by atoms with van der Waals surface area (Å²) in [7, 11) is 0. The number of carbonyl (C=O) groups is 1. The second-order valence-electron chi connectivity index (χ2n) is 5.11. The highest BCUT2D eigenvalue weighted by Crippen LogP contribution is 2.35. The van der Waals surface area contributed by atoms with E-state index in [0.29, 0.717) is 11.9 Å². The van der Waals surface area contributed by atoms with Gasteiger partial charge in [-0.15, -0.1) is 0 Å². The van der Waals surface area contributed by atoms with Gasteiger partial charge in [-0.2, -0.15) is 11.8 Å². The summed E-state index contributed by atoms with van der Waals surface area (Å²) >= 11 is 1.79. The lowest BCUT2D eigenvalue weighted by molar-refractivity contribution is -0.150. The van der Waals surface area contributed by atoms with Crippen molar-refractivity contribution in [3.05, 3.63) is 0 Å². The number of esters is 1. The predicted octanol–water partition coefficient (Wildman–Crippen LogP) is 2.61. The van der Waals surface area contributed by atoms with Crippen LogP contribution in [0, 0.1) is 5.92 Å². The number of hydrogen-bond acceptors (Lipinski definition) is 4. The van der Waals surface area contributed by atoms with E-state index in [0.717, 1.165) is 31.4 Å². The van der Waals surface area contributed by atoms with Gasteiger partial charge in [-0.05, 0) is 37.9 Å². The lowest BCUT2D eigenvalue weighted by atomic mass is 9.80. The molecule has 0 aliphatic heterocycles. The van der Waals surface area contributed by atoms with Crippen molar-refractivity contribution in [2.45, 2.75) is 57.3 Å².